The minimum atomic E-state index is -3.34. The minimum absolute atomic E-state index is 0.330. The summed E-state index contributed by atoms with van der Waals surface area (Å²) in [6, 6.07) is 128. The molecule has 21 rings (SSSR count). The van der Waals surface area contributed by atoms with E-state index < -0.39 is 19.7 Å². The van der Waals surface area contributed by atoms with Crippen molar-refractivity contribution in [3.05, 3.63) is 382 Å². The molecule has 8 nitrogen and oxygen atoms in total. The van der Waals surface area contributed by atoms with Crippen molar-refractivity contribution in [2.75, 3.05) is 4.90 Å². The summed E-state index contributed by atoms with van der Waals surface area (Å²) in [6.45, 7) is 50.0. The second-order valence-corrected chi connectivity index (χ2v) is 41.6. The summed E-state index contributed by atoms with van der Waals surface area (Å²) < 4.78 is 55.4. The number of anilines is 3. The first-order chi connectivity index (χ1) is 62.7. The van der Waals surface area contributed by atoms with Gasteiger partial charge in [-0.1, -0.05) is 418 Å². The molecule has 0 saturated carbocycles. The van der Waals surface area contributed by atoms with Crippen molar-refractivity contribution < 1.29 is 16.8 Å². The Morgan fingerprint density at radius 3 is 0.634 bits per heavy atom. The Labute approximate surface area is 783 Å². The van der Waals surface area contributed by atoms with Gasteiger partial charge in [0, 0.05) is 99.1 Å². The smallest absolute Gasteiger partial charge is 0.207 e. The molecule has 0 amide bonds. The van der Waals surface area contributed by atoms with Crippen molar-refractivity contribution in [2.45, 2.75) is 185 Å². The van der Waals surface area contributed by atoms with Crippen molar-refractivity contribution in [1.29, 1.82) is 0 Å². The Kier molecular flexibility index (Phi) is 38.5. The highest BCUT2D eigenvalue weighted by molar-refractivity contribution is 7.92. The van der Waals surface area contributed by atoms with E-state index in [0.29, 0.717) is 25.6 Å². The topological polar surface area (TPSA) is 85.3 Å². The summed E-state index contributed by atoms with van der Waals surface area (Å²) in [5, 5.41) is 13.5. The van der Waals surface area contributed by atoms with E-state index in [0.717, 1.165) is 52.6 Å². The third-order valence-electron chi connectivity index (χ3n) is 19.2. The molecule has 0 radical (unpaired) electrons. The highest BCUT2D eigenvalue weighted by Crippen LogP contribution is 2.44. The van der Waals surface area contributed by atoms with E-state index >= 15 is 0 Å². The molecule has 0 fully saturated rings. The molecule has 10 heteroatoms. The number of aromatic nitrogens is 3. The minimum Gasteiger partial charge on any atom is -0.338 e. The number of hydrogen-bond donors (Lipinski definition) is 0. The van der Waals surface area contributed by atoms with Crippen molar-refractivity contribution >= 4 is 135 Å². The molecule has 1 aliphatic heterocycles. The highest BCUT2D eigenvalue weighted by atomic mass is 32.2. The molecule has 0 spiro atoms. The van der Waals surface area contributed by atoms with Gasteiger partial charge in [-0.3, -0.25) is 0 Å². The predicted molar refractivity (Wildman–Crippen MR) is 572 cm³/mol. The highest BCUT2D eigenvalue weighted by Gasteiger charge is 2.32. The number of fused-ring (bicyclic) bond motifs is 18. The van der Waals surface area contributed by atoms with E-state index in [4.69, 9.17) is 0 Å². The average molecular weight is 1780 g/mol. The Morgan fingerprint density at radius 1 is 0.214 bits per heavy atom. The van der Waals surface area contributed by atoms with E-state index in [-0.39, 0.29) is 0 Å². The van der Waals surface area contributed by atoms with Crippen LogP contribution >= 0.6 is 0 Å². The van der Waals surface area contributed by atoms with Crippen molar-refractivity contribution in [1.82, 2.24) is 13.4 Å². The third kappa shape index (κ3) is 27.3. The molecule has 131 heavy (non-hydrogen) atoms. The van der Waals surface area contributed by atoms with Gasteiger partial charge in [0.1, 0.15) is 0 Å². The van der Waals surface area contributed by atoms with E-state index in [1.807, 2.05) is 42.5 Å². The molecule has 680 valence electrons. The van der Waals surface area contributed by atoms with Crippen LogP contribution in [0.4, 0.5) is 17.1 Å². The molecule has 6 heterocycles. The van der Waals surface area contributed by atoms with Crippen LogP contribution in [-0.2, 0) is 19.7 Å². The summed E-state index contributed by atoms with van der Waals surface area (Å²) in [5.74, 6) is 5.83. The summed E-state index contributed by atoms with van der Waals surface area (Å²) in [4.78, 5) is 3.75. The lowest BCUT2D eigenvalue weighted by Gasteiger charge is -2.25. The van der Waals surface area contributed by atoms with Crippen LogP contribution in [0.15, 0.2) is 402 Å². The maximum Gasteiger partial charge on any atom is 0.207 e. The second-order valence-electron chi connectivity index (χ2n) is 37.7. The van der Waals surface area contributed by atoms with Gasteiger partial charge in [0.25, 0.3) is 0 Å². The van der Waals surface area contributed by atoms with Crippen LogP contribution in [0, 0.1) is 41.4 Å². The predicted octanol–water partition coefficient (Wildman–Crippen LogP) is 35.9. The van der Waals surface area contributed by atoms with E-state index in [9.17, 15) is 16.8 Å². The monoisotopic (exact) mass is 1780 g/mol. The molecule has 0 saturated heterocycles. The zero-order chi connectivity index (χ0) is 95.1. The first-order valence-corrected chi connectivity index (χ1v) is 49.6. The van der Waals surface area contributed by atoms with Crippen molar-refractivity contribution in [3.63, 3.8) is 0 Å². The summed E-state index contributed by atoms with van der Waals surface area (Å²) in [7, 11) is -6.60. The maximum atomic E-state index is 12.1. The first kappa shape index (κ1) is 102. The molecule has 1 aliphatic rings. The van der Waals surface area contributed by atoms with Gasteiger partial charge in [0.05, 0.1) is 52.7 Å². The Morgan fingerprint density at radius 2 is 0.397 bits per heavy atom. The lowest BCUT2D eigenvalue weighted by molar-refractivity contribution is 0.595. The normalized spacial score (nSPS) is 11.4. The number of para-hydroxylation sites is 11. The molecular formula is C121H140N4O4S2. The number of rotatable bonds is 6. The van der Waals surface area contributed by atoms with Crippen LogP contribution in [-0.4, -0.2) is 30.2 Å². The van der Waals surface area contributed by atoms with Crippen LogP contribution in [0.2, 0.25) is 0 Å². The molecule has 15 aromatic carbocycles. The van der Waals surface area contributed by atoms with E-state index in [1.54, 1.807) is 84.9 Å². The Hall–Kier alpha value is -12.6. The molecule has 0 aliphatic carbocycles. The summed E-state index contributed by atoms with van der Waals surface area (Å²) in [5.41, 5.74) is 15.7. The van der Waals surface area contributed by atoms with Gasteiger partial charge in [-0.2, -0.15) is 0 Å². The molecule has 0 N–H and O–H groups in total. The SMILES string of the molecule is CC(C)C.CC(C)C.CC(C)C.CC(C)C.CC(C)C.CC(C)C.CC(C)C.CC(C)n1c2ccccc2c2ccccc21.O=S(=O)(c1ccccc1)c1ccccc1.O=S1(=O)c2ccccc2-c2ccccc21.c1ccc(N(c2ccccc2)c2ccccc2)cc1.c1ccc2c(c1)c1cccc3c4ccccc4n2c13.c1ccc2c(c1)c1cccc3c4ccccc4n2c13. The standard InChI is InChI=1S/2C18H11N.C18H15N.C15H15N.C12H8O2S.C12H10O2S.7C4H10/c2*1-3-10-16-12(6-1)14-8-5-9-15-13-7-2-4-11-17(13)19(16)18(14)15;1-4-10-16(11-5-1)19(17-12-6-2-7-13-17)18-14-8-3-9-15-18;1-11(2)16-14-9-5-3-7-12(14)13-8-4-6-10-15(13)16;13-15(14)11-7-3-1-5-9(11)10-6-2-4-8-12(10)15;13-15(14,11-7-3-1-4-8-11)12-9-5-2-6-10-12;7*1-4(2)3/h2*1-11H;1-15H;3-11H,1-2H3;1-8H;1-10H;7*4H,1-3H3. The van der Waals surface area contributed by atoms with Gasteiger partial charge in [-0.15, -0.1) is 0 Å². The maximum absolute atomic E-state index is 12.1. The lowest BCUT2D eigenvalue weighted by atomic mass is 10.1. The zero-order valence-corrected chi connectivity index (χ0v) is 83.4. The van der Waals surface area contributed by atoms with Gasteiger partial charge in [0.2, 0.25) is 19.7 Å². The molecule has 0 unspecified atom stereocenters. The average Bonchev–Trinajstić information content (AvgIpc) is 1.55. The number of benzene rings is 15. The molecule has 0 bridgehead atoms. The number of hydrogen-bond acceptors (Lipinski definition) is 5. The Bertz CT molecular complexity index is 6360. The van der Waals surface area contributed by atoms with Gasteiger partial charge in [-0.05, 0) is 164 Å². The van der Waals surface area contributed by atoms with Crippen LogP contribution in [0.5, 0.6) is 0 Å². The molecule has 0 atom stereocenters. The molecule has 20 aromatic rings. The fourth-order valence-corrected chi connectivity index (χ4v) is 17.7. The van der Waals surface area contributed by atoms with Gasteiger partial charge >= 0.3 is 0 Å². The van der Waals surface area contributed by atoms with Gasteiger partial charge < -0.3 is 18.3 Å². The lowest BCUT2D eigenvalue weighted by Crippen LogP contribution is -2.09. The first-order valence-electron chi connectivity index (χ1n) is 46.6. The van der Waals surface area contributed by atoms with Crippen molar-refractivity contribution in [2.24, 2.45) is 41.4 Å². The quantitative estimate of drug-likeness (QED) is 0.166. The van der Waals surface area contributed by atoms with E-state index in [2.05, 4.69) is 432 Å². The fraction of sp³-hybridized carbons (Fsp3) is 0.256. The molecular weight excluding hydrogens is 1640 g/mol. The van der Waals surface area contributed by atoms with Crippen LogP contribution in [0.25, 0.3) is 109 Å². The number of sulfone groups is 2. The van der Waals surface area contributed by atoms with E-state index in [1.165, 1.54) is 115 Å². The van der Waals surface area contributed by atoms with Crippen molar-refractivity contribution in [3.8, 4) is 11.1 Å². The second kappa shape index (κ2) is 49.4. The summed E-state index contributed by atoms with van der Waals surface area (Å²) >= 11 is 0. The van der Waals surface area contributed by atoms with Crippen LogP contribution < -0.4 is 4.90 Å². The molecule has 5 aromatic heterocycles. The fourth-order valence-electron chi connectivity index (χ4n) is 14.8. The van der Waals surface area contributed by atoms with Gasteiger partial charge in [-0.25, -0.2) is 16.8 Å². The van der Waals surface area contributed by atoms with Crippen LogP contribution in [0.3, 0.4) is 0 Å². The Balaban J connectivity index is 0.000000167. The zero-order valence-electron chi connectivity index (χ0n) is 81.7. The third-order valence-corrected chi connectivity index (χ3v) is 22.8. The summed E-state index contributed by atoms with van der Waals surface area (Å²) in [6.07, 6.45) is 0. The van der Waals surface area contributed by atoms with Gasteiger partial charge in [0.15, 0.2) is 0 Å². The number of nitrogens with zero attached hydrogens (tertiary/aromatic N) is 4. The largest absolute Gasteiger partial charge is 0.338 e. The van der Waals surface area contributed by atoms with Crippen LogP contribution in [0.1, 0.15) is 165 Å².